The smallest absolute Gasteiger partial charge is 0.251 e. The molecule has 27 heavy (non-hydrogen) atoms. The molecule has 0 aliphatic carbocycles. The van der Waals surface area contributed by atoms with Crippen molar-refractivity contribution >= 4 is 5.91 Å². The van der Waals surface area contributed by atoms with Gasteiger partial charge in [0.25, 0.3) is 5.91 Å². The fourth-order valence-electron chi connectivity index (χ4n) is 2.57. The fourth-order valence-corrected chi connectivity index (χ4v) is 2.57. The van der Waals surface area contributed by atoms with Crippen molar-refractivity contribution in [2.45, 2.75) is 32.4 Å². The predicted molar refractivity (Wildman–Crippen MR) is 103 cm³/mol. The lowest BCUT2D eigenvalue weighted by molar-refractivity contribution is 0.0950. The van der Waals surface area contributed by atoms with Gasteiger partial charge in [0.2, 0.25) is 0 Å². The minimum absolute atomic E-state index is 0.186. The molecule has 2 N–H and O–H groups in total. The second-order valence-electron chi connectivity index (χ2n) is 6.90. The molecule has 5 heteroatoms. The van der Waals surface area contributed by atoms with E-state index in [4.69, 9.17) is 9.47 Å². The predicted octanol–water partition coefficient (Wildman–Crippen LogP) is 2.90. The van der Waals surface area contributed by atoms with E-state index < -0.39 is 5.60 Å². The largest absolute Gasteiger partial charge is 0.490 e. The molecule has 0 atom stereocenters. The first-order chi connectivity index (χ1) is 12.9. The Hall–Kier alpha value is -2.97. The summed E-state index contributed by atoms with van der Waals surface area (Å²) in [4.78, 5) is 12.5. The third-order valence-corrected chi connectivity index (χ3v) is 3.90. The Morgan fingerprint density at radius 1 is 1.15 bits per heavy atom. The molecule has 0 saturated heterocycles. The summed E-state index contributed by atoms with van der Waals surface area (Å²) in [5.41, 5.74) is 1.06. The minimum atomic E-state index is -1.07. The highest BCUT2D eigenvalue weighted by atomic mass is 16.5. The summed E-state index contributed by atoms with van der Waals surface area (Å²) in [6.45, 7) is 4.89. The molecule has 0 unspecified atom stereocenters. The average Bonchev–Trinajstić information content (AvgIpc) is 2.89. The number of rotatable bonds is 3. The molecule has 0 aromatic heterocycles. The first-order valence-electron chi connectivity index (χ1n) is 8.93. The summed E-state index contributed by atoms with van der Waals surface area (Å²) in [7, 11) is 0. The van der Waals surface area contributed by atoms with Crippen LogP contribution in [-0.4, -0.2) is 29.8 Å². The summed E-state index contributed by atoms with van der Waals surface area (Å²) in [5.74, 6) is 6.89. The van der Waals surface area contributed by atoms with Crippen molar-refractivity contribution in [3.8, 4) is 23.3 Å². The number of fused-ring (bicyclic) bond motifs is 1. The Morgan fingerprint density at radius 2 is 1.93 bits per heavy atom. The number of nitrogens with one attached hydrogen (secondary N) is 1. The highest BCUT2D eigenvalue weighted by Crippen LogP contribution is 2.30. The first-order valence-corrected chi connectivity index (χ1v) is 8.93. The van der Waals surface area contributed by atoms with Crippen LogP contribution in [0.5, 0.6) is 11.5 Å². The highest BCUT2D eigenvalue weighted by molar-refractivity contribution is 5.94. The van der Waals surface area contributed by atoms with Crippen LogP contribution in [0.4, 0.5) is 0 Å². The van der Waals surface area contributed by atoms with Gasteiger partial charge in [-0.3, -0.25) is 4.79 Å². The molecule has 0 spiro atoms. The zero-order chi connectivity index (χ0) is 19.3. The number of ether oxygens (including phenoxy) is 2. The van der Waals surface area contributed by atoms with E-state index in [-0.39, 0.29) is 5.91 Å². The van der Waals surface area contributed by atoms with Crippen LogP contribution in [0, 0.1) is 11.8 Å². The van der Waals surface area contributed by atoms with Crippen LogP contribution in [-0.2, 0) is 6.54 Å². The van der Waals surface area contributed by atoms with E-state index in [1.54, 1.807) is 38.1 Å². The lowest BCUT2D eigenvalue weighted by Gasteiger charge is -2.10. The molecule has 3 rings (SSSR count). The van der Waals surface area contributed by atoms with E-state index in [0.29, 0.717) is 36.6 Å². The Morgan fingerprint density at radius 3 is 2.70 bits per heavy atom. The van der Waals surface area contributed by atoms with E-state index in [1.165, 1.54) is 0 Å². The van der Waals surface area contributed by atoms with Gasteiger partial charge in [-0.2, -0.15) is 0 Å². The second-order valence-corrected chi connectivity index (χ2v) is 6.90. The highest BCUT2D eigenvalue weighted by Gasteiger charge is 2.12. The SMILES string of the molecule is CC(C)(O)C#Cc1cccc(C(=O)NCc2ccc3c(c2)OCCCO3)c1. The zero-order valence-electron chi connectivity index (χ0n) is 15.5. The molecule has 0 bridgehead atoms. The molecule has 140 valence electrons. The van der Waals surface area contributed by atoms with Gasteiger partial charge in [-0.1, -0.05) is 24.0 Å². The third-order valence-electron chi connectivity index (χ3n) is 3.90. The molecule has 1 amide bonds. The Balaban J connectivity index is 1.66. The maximum Gasteiger partial charge on any atom is 0.251 e. The minimum Gasteiger partial charge on any atom is -0.490 e. The topological polar surface area (TPSA) is 67.8 Å². The van der Waals surface area contributed by atoms with Crippen molar-refractivity contribution in [2.24, 2.45) is 0 Å². The number of hydrogen-bond donors (Lipinski definition) is 2. The van der Waals surface area contributed by atoms with Crippen molar-refractivity contribution in [3.05, 3.63) is 59.2 Å². The quantitative estimate of drug-likeness (QED) is 0.821. The van der Waals surface area contributed by atoms with Gasteiger partial charge in [0.05, 0.1) is 13.2 Å². The Labute approximate surface area is 159 Å². The van der Waals surface area contributed by atoms with Crippen LogP contribution >= 0.6 is 0 Å². The maximum absolute atomic E-state index is 12.5. The average molecular weight is 365 g/mol. The summed E-state index contributed by atoms with van der Waals surface area (Å²) in [5, 5.41) is 12.6. The van der Waals surface area contributed by atoms with Gasteiger partial charge in [-0.15, -0.1) is 0 Å². The van der Waals surface area contributed by atoms with E-state index in [1.807, 2.05) is 18.2 Å². The molecule has 1 aliphatic rings. The summed E-state index contributed by atoms with van der Waals surface area (Å²) in [6.07, 6.45) is 0.855. The Bertz CT molecular complexity index is 887. The number of amides is 1. The molecule has 5 nitrogen and oxygen atoms in total. The van der Waals surface area contributed by atoms with Crippen LogP contribution in [0.15, 0.2) is 42.5 Å². The molecular formula is C22H23NO4. The standard InChI is InChI=1S/C22H23NO4/c1-22(2,25)10-9-16-5-3-6-18(13-16)21(24)23-15-17-7-8-19-20(14-17)27-12-4-11-26-19/h3,5-8,13-14,25H,4,11-12,15H2,1-2H3,(H,23,24). The second kappa shape index (κ2) is 8.15. The van der Waals surface area contributed by atoms with E-state index in [9.17, 15) is 9.90 Å². The van der Waals surface area contributed by atoms with E-state index in [2.05, 4.69) is 17.2 Å². The van der Waals surface area contributed by atoms with Gasteiger partial charge in [-0.05, 0) is 49.7 Å². The van der Waals surface area contributed by atoms with Crippen molar-refractivity contribution in [1.29, 1.82) is 0 Å². The van der Waals surface area contributed by atoms with E-state index in [0.717, 1.165) is 17.7 Å². The van der Waals surface area contributed by atoms with Crippen molar-refractivity contribution in [3.63, 3.8) is 0 Å². The van der Waals surface area contributed by atoms with Gasteiger partial charge in [-0.25, -0.2) is 0 Å². The summed E-state index contributed by atoms with van der Waals surface area (Å²) < 4.78 is 11.3. The first kappa shape index (κ1) is 18.8. The monoisotopic (exact) mass is 365 g/mol. The number of carbonyl (C=O) groups is 1. The number of carbonyl (C=O) groups excluding carboxylic acids is 1. The third kappa shape index (κ3) is 5.50. The van der Waals surface area contributed by atoms with Crippen LogP contribution in [0.3, 0.4) is 0 Å². The van der Waals surface area contributed by atoms with Gasteiger partial charge in [0, 0.05) is 24.1 Å². The number of aliphatic hydroxyl groups is 1. The van der Waals surface area contributed by atoms with Crippen LogP contribution in [0.1, 0.15) is 41.8 Å². The maximum atomic E-state index is 12.5. The van der Waals surface area contributed by atoms with Gasteiger partial charge < -0.3 is 19.9 Å². The fraction of sp³-hybridized carbons (Fsp3) is 0.318. The normalized spacial score (nSPS) is 13.1. The molecule has 2 aromatic rings. The molecular weight excluding hydrogens is 342 g/mol. The van der Waals surface area contributed by atoms with Crippen molar-refractivity contribution in [1.82, 2.24) is 5.32 Å². The molecule has 2 aromatic carbocycles. The van der Waals surface area contributed by atoms with Crippen LogP contribution in [0.25, 0.3) is 0 Å². The number of hydrogen-bond acceptors (Lipinski definition) is 4. The molecule has 0 radical (unpaired) electrons. The summed E-state index contributed by atoms with van der Waals surface area (Å²) >= 11 is 0. The number of benzene rings is 2. The lowest BCUT2D eigenvalue weighted by atomic mass is 10.1. The van der Waals surface area contributed by atoms with E-state index >= 15 is 0 Å². The molecule has 0 fully saturated rings. The lowest BCUT2D eigenvalue weighted by Crippen LogP contribution is -2.22. The molecule has 0 saturated carbocycles. The van der Waals surface area contributed by atoms with Gasteiger partial charge >= 0.3 is 0 Å². The Kier molecular flexibility index (Phi) is 5.68. The van der Waals surface area contributed by atoms with Crippen molar-refractivity contribution in [2.75, 3.05) is 13.2 Å². The van der Waals surface area contributed by atoms with Crippen molar-refractivity contribution < 1.29 is 19.4 Å². The van der Waals surface area contributed by atoms with Crippen LogP contribution < -0.4 is 14.8 Å². The zero-order valence-corrected chi connectivity index (χ0v) is 15.5. The molecule has 1 aliphatic heterocycles. The summed E-state index contributed by atoms with van der Waals surface area (Å²) in [6, 6.07) is 12.7. The van der Waals surface area contributed by atoms with Gasteiger partial charge in [0.15, 0.2) is 11.5 Å². The van der Waals surface area contributed by atoms with Gasteiger partial charge in [0.1, 0.15) is 5.60 Å². The molecule has 1 heterocycles. The van der Waals surface area contributed by atoms with Crippen LogP contribution in [0.2, 0.25) is 0 Å².